The van der Waals surface area contributed by atoms with Crippen LogP contribution in [0.5, 0.6) is 11.5 Å². The summed E-state index contributed by atoms with van der Waals surface area (Å²) in [6.45, 7) is 0.951. The van der Waals surface area contributed by atoms with E-state index in [9.17, 15) is 4.39 Å². The standard InChI is InChI=1S/C16H18FNO2/c1-19-15-7-4-12(8-9-18)10-16(15)20-11-13-2-5-14(17)6-3-13/h2-7,10H,8-9,11,18H2,1H3. The molecule has 0 heterocycles. The summed E-state index contributed by atoms with van der Waals surface area (Å²) in [5.41, 5.74) is 7.55. The molecule has 0 aliphatic heterocycles. The van der Waals surface area contributed by atoms with Crippen LogP contribution in [0.25, 0.3) is 0 Å². The van der Waals surface area contributed by atoms with E-state index >= 15 is 0 Å². The molecule has 0 amide bonds. The summed E-state index contributed by atoms with van der Waals surface area (Å²) in [5, 5.41) is 0. The summed E-state index contributed by atoms with van der Waals surface area (Å²) in [7, 11) is 1.60. The van der Waals surface area contributed by atoms with Crippen LogP contribution < -0.4 is 15.2 Å². The molecular formula is C16H18FNO2. The van der Waals surface area contributed by atoms with E-state index in [0.717, 1.165) is 17.5 Å². The molecule has 0 bridgehead atoms. The Morgan fingerprint density at radius 2 is 1.70 bits per heavy atom. The van der Waals surface area contributed by atoms with E-state index in [0.29, 0.717) is 24.7 Å². The average molecular weight is 275 g/mol. The highest BCUT2D eigenvalue weighted by molar-refractivity contribution is 5.43. The zero-order valence-corrected chi connectivity index (χ0v) is 11.4. The molecule has 2 N–H and O–H groups in total. The van der Waals surface area contributed by atoms with Crippen LogP contribution >= 0.6 is 0 Å². The largest absolute Gasteiger partial charge is 0.493 e. The van der Waals surface area contributed by atoms with E-state index in [1.807, 2.05) is 18.2 Å². The molecular weight excluding hydrogens is 257 g/mol. The van der Waals surface area contributed by atoms with E-state index in [4.69, 9.17) is 15.2 Å². The Hall–Kier alpha value is -2.07. The first-order valence-electron chi connectivity index (χ1n) is 6.47. The van der Waals surface area contributed by atoms with Gasteiger partial charge < -0.3 is 15.2 Å². The maximum Gasteiger partial charge on any atom is 0.161 e. The molecule has 2 aromatic rings. The van der Waals surface area contributed by atoms with E-state index in [1.165, 1.54) is 12.1 Å². The highest BCUT2D eigenvalue weighted by atomic mass is 19.1. The molecule has 0 atom stereocenters. The van der Waals surface area contributed by atoms with Crippen LogP contribution in [0.2, 0.25) is 0 Å². The van der Waals surface area contributed by atoms with Crippen LogP contribution in [-0.4, -0.2) is 13.7 Å². The minimum Gasteiger partial charge on any atom is -0.493 e. The minimum atomic E-state index is -0.253. The quantitative estimate of drug-likeness (QED) is 0.881. The molecule has 0 aliphatic rings. The number of benzene rings is 2. The Kier molecular flexibility index (Phi) is 4.96. The Balaban J connectivity index is 2.10. The van der Waals surface area contributed by atoms with Crippen LogP contribution in [0.15, 0.2) is 42.5 Å². The third kappa shape index (κ3) is 3.71. The number of hydrogen-bond acceptors (Lipinski definition) is 3. The first-order valence-corrected chi connectivity index (χ1v) is 6.47. The number of ether oxygens (including phenoxy) is 2. The summed E-state index contributed by atoms with van der Waals surface area (Å²) in [6, 6.07) is 12.0. The van der Waals surface area contributed by atoms with E-state index in [-0.39, 0.29) is 5.82 Å². The average Bonchev–Trinajstić information content (AvgIpc) is 2.47. The van der Waals surface area contributed by atoms with Crippen LogP contribution in [0.1, 0.15) is 11.1 Å². The predicted molar refractivity (Wildman–Crippen MR) is 76.5 cm³/mol. The molecule has 0 fully saturated rings. The van der Waals surface area contributed by atoms with Crippen LogP contribution in [-0.2, 0) is 13.0 Å². The molecule has 0 aliphatic carbocycles. The van der Waals surface area contributed by atoms with Gasteiger partial charge in [0.1, 0.15) is 12.4 Å². The summed E-state index contributed by atoms with van der Waals surface area (Å²) in [4.78, 5) is 0. The van der Waals surface area contributed by atoms with Crippen molar-refractivity contribution in [1.82, 2.24) is 0 Å². The van der Waals surface area contributed by atoms with Crippen molar-refractivity contribution in [2.24, 2.45) is 5.73 Å². The number of rotatable bonds is 6. The first kappa shape index (κ1) is 14.3. The Labute approximate surface area is 118 Å². The molecule has 2 aromatic carbocycles. The molecule has 0 spiro atoms. The van der Waals surface area contributed by atoms with Crippen molar-refractivity contribution in [3.63, 3.8) is 0 Å². The summed E-state index contributed by atoms with van der Waals surface area (Å²) >= 11 is 0. The smallest absolute Gasteiger partial charge is 0.161 e. The second-order valence-electron chi connectivity index (χ2n) is 4.44. The normalized spacial score (nSPS) is 10.3. The van der Waals surface area contributed by atoms with Crippen molar-refractivity contribution in [2.75, 3.05) is 13.7 Å². The van der Waals surface area contributed by atoms with Gasteiger partial charge in [-0.3, -0.25) is 0 Å². The Morgan fingerprint density at radius 3 is 2.35 bits per heavy atom. The second-order valence-corrected chi connectivity index (χ2v) is 4.44. The summed E-state index contributed by atoms with van der Waals surface area (Å²) in [5.74, 6) is 1.09. The summed E-state index contributed by atoms with van der Waals surface area (Å²) in [6.07, 6.45) is 0.789. The zero-order chi connectivity index (χ0) is 14.4. The molecule has 0 aromatic heterocycles. The molecule has 0 saturated heterocycles. The topological polar surface area (TPSA) is 44.5 Å². The zero-order valence-electron chi connectivity index (χ0n) is 11.4. The van der Waals surface area contributed by atoms with Gasteiger partial charge in [-0.2, -0.15) is 0 Å². The third-order valence-electron chi connectivity index (χ3n) is 2.97. The van der Waals surface area contributed by atoms with Gasteiger partial charge in [0, 0.05) is 0 Å². The van der Waals surface area contributed by atoms with Crippen molar-refractivity contribution in [3.05, 3.63) is 59.4 Å². The third-order valence-corrected chi connectivity index (χ3v) is 2.97. The fourth-order valence-corrected chi connectivity index (χ4v) is 1.90. The van der Waals surface area contributed by atoms with E-state index < -0.39 is 0 Å². The van der Waals surface area contributed by atoms with Gasteiger partial charge in [0.05, 0.1) is 7.11 Å². The number of halogens is 1. The van der Waals surface area contributed by atoms with Gasteiger partial charge in [0.2, 0.25) is 0 Å². The highest BCUT2D eigenvalue weighted by Crippen LogP contribution is 2.29. The van der Waals surface area contributed by atoms with Gasteiger partial charge in [-0.25, -0.2) is 4.39 Å². The molecule has 106 valence electrons. The van der Waals surface area contributed by atoms with Crippen molar-refractivity contribution in [2.45, 2.75) is 13.0 Å². The van der Waals surface area contributed by atoms with Crippen LogP contribution in [0.3, 0.4) is 0 Å². The molecule has 4 heteroatoms. The van der Waals surface area contributed by atoms with Gasteiger partial charge in [0.25, 0.3) is 0 Å². The van der Waals surface area contributed by atoms with Gasteiger partial charge >= 0.3 is 0 Å². The molecule has 0 unspecified atom stereocenters. The maximum atomic E-state index is 12.8. The number of nitrogens with two attached hydrogens (primary N) is 1. The van der Waals surface area contributed by atoms with E-state index in [1.54, 1.807) is 19.2 Å². The lowest BCUT2D eigenvalue weighted by atomic mass is 10.1. The molecule has 0 radical (unpaired) electrons. The lowest BCUT2D eigenvalue weighted by Gasteiger charge is -2.12. The van der Waals surface area contributed by atoms with Gasteiger partial charge in [-0.15, -0.1) is 0 Å². The fraction of sp³-hybridized carbons (Fsp3) is 0.250. The van der Waals surface area contributed by atoms with Gasteiger partial charge in [-0.1, -0.05) is 18.2 Å². The molecule has 20 heavy (non-hydrogen) atoms. The van der Waals surface area contributed by atoms with Crippen molar-refractivity contribution >= 4 is 0 Å². The van der Waals surface area contributed by atoms with Gasteiger partial charge in [0.15, 0.2) is 11.5 Å². The maximum absolute atomic E-state index is 12.8. The molecule has 3 nitrogen and oxygen atoms in total. The van der Waals surface area contributed by atoms with Crippen molar-refractivity contribution in [3.8, 4) is 11.5 Å². The second kappa shape index (κ2) is 6.91. The first-order chi connectivity index (χ1) is 9.72. The Morgan fingerprint density at radius 1 is 1.00 bits per heavy atom. The monoisotopic (exact) mass is 275 g/mol. The van der Waals surface area contributed by atoms with Crippen molar-refractivity contribution < 1.29 is 13.9 Å². The lowest BCUT2D eigenvalue weighted by Crippen LogP contribution is -2.04. The van der Waals surface area contributed by atoms with Crippen LogP contribution in [0.4, 0.5) is 4.39 Å². The van der Waals surface area contributed by atoms with E-state index in [2.05, 4.69) is 0 Å². The molecule has 0 saturated carbocycles. The minimum absolute atomic E-state index is 0.253. The SMILES string of the molecule is COc1ccc(CCN)cc1OCc1ccc(F)cc1. The van der Waals surface area contributed by atoms with Crippen molar-refractivity contribution in [1.29, 1.82) is 0 Å². The van der Waals surface area contributed by atoms with Crippen LogP contribution in [0, 0.1) is 5.82 Å². The molecule has 2 rings (SSSR count). The predicted octanol–water partition coefficient (Wildman–Crippen LogP) is 2.91. The highest BCUT2D eigenvalue weighted by Gasteiger charge is 2.06. The number of hydrogen-bond donors (Lipinski definition) is 1. The summed E-state index contributed by atoms with van der Waals surface area (Å²) < 4.78 is 23.9. The number of methoxy groups -OCH3 is 1. The Bertz CT molecular complexity index is 555. The lowest BCUT2D eigenvalue weighted by molar-refractivity contribution is 0.284. The fourth-order valence-electron chi connectivity index (χ4n) is 1.90. The van der Waals surface area contributed by atoms with Gasteiger partial charge in [-0.05, 0) is 48.4 Å².